The molecule has 1 saturated heterocycles. The SMILES string of the molecule is C=CC(C)NC(=O)N1C(C(=O)O)CCC2CCCCC21. The van der Waals surface area contributed by atoms with Gasteiger partial charge in [0.1, 0.15) is 6.04 Å². The molecular formula is C15H24N2O3. The number of rotatable bonds is 3. The Morgan fingerprint density at radius 2 is 2.00 bits per heavy atom. The van der Waals surface area contributed by atoms with Crippen molar-refractivity contribution in [2.24, 2.45) is 5.92 Å². The minimum atomic E-state index is -0.893. The number of hydrogen-bond donors (Lipinski definition) is 2. The highest BCUT2D eigenvalue weighted by molar-refractivity contribution is 5.83. The summed E-state index contributed by atoms with van der Waals surface area (Å²) in [6.07, 6.45) is 7.43. The summed E-state index contributed by atoms with van der Waals surface area (Å²) in [5.74, 6) is -0.431. The molecule has 1 heterocycles. The Morgan fingerprint density at radius 3 is 2.65 bits per heavy atom. The van der Waals surface area contributed by atoms with Gasteiger partial charge in [0.05, 0.1) is 0 Å². The number of carboxylic acids is 1. The minimum Gasteiger partial charge on any atom is -0.480 e. The second-order valence-corrected chi connectivity index (χ2v) is 5.92. The molecule has 0 aromatic heterocycles. The van der Waals surface area contributed by atoms with Crippen LogP contribution in [0.3, 0.4) is 0 Å². The molecule has 0 bridgehead atoms. The number of nitrogens with one attached hydrogen (secondary N) is 1. The van der Waals surface area contributed by atoms with E-state index in [0.29, 0.717) is 12.3 Å². The molecule has 1 aliphatic heterocycles. The lowest BCUT2D eigenvalue weighted by Gasteiger charge is -2.47. The zero-order chi connectivity index (χ0) is 14.7. The predicted octanol–water partition coefficient (Wildman–Crippen LogP) is 2.38. The van der Waals surface area contributed by atoms with Crippen molar-refractivity contribution in [3.05, 3.63) is 12.7 Å². The summed E-state index contributed by atoms with van der Waals surface area (Å²) in [5.41, 5.74) is 0. The van der Waals surface area contributed by atoms with Crippen molar-refractivity contribution in [3.8, 4) is 0 Å². The summed E-state index contributed by atoms with van der Waals surface area (Å²) in [5, 5.41) is 12.2. The quantitative estimate of drug-likeness (QED) is 0.780. The normalized spacial score (nSPS) is 31.1. The van der Waals surface area contributed by atoms with Crippen LogP contribution in [-0.4, -0.2) is 40.1 Å². The highest BCUT2D eigenvalue weighted by Gasteiger charge is 2.43. The van der Waals surface area contributed by atoms with Gasteiger partial charge in [-0.2, -0.15) is 0 Å². The number of carbonyl (C=O) groups is 2. The summed E-state index contributed by atoms with van der Waals surface area (Å²) in [6, 6.07) is -1.02. The number of carbonyl (C=O) groups excluding carboxylic acids is 1. The molecule has 2 amide bonds. The predicted molar refractivity (Wildman–Crippen MR) is 76.4 cm³/mol. The molecule has 5 heteroatoms. The largest absolute Gasteiger partial charge is 0.480 e. The van der Waals surface area contributed by atoms with Gasteiger partial charge in [-0.15, -0.1) is 6.58 Å². The Balaban J connectivity index is 2.18. The number of fused-ring (bicyclic) bond motifs is 1. The van der Waals surface area contributed by atoms with Gasteiger partial charge in [-0.05, 0) is 38.5 Å². The topological polar surface area (TPSA) is 69.6 Å². The fourth-order valence-electron chi connectivity index (χ4n) is 3.50. The summed E-state index contributed by atoms with van der Waals surface area (Å²) in [4.78, 5) is 25.5. The number of carboxylic acid groups (broad SMARTS) is 1. The molecule has 4 atom stereocenters. The second-order valence-electron chi connectivity index (χ2n) is 5.92. The van der Waals surface area contributed by atoms with Crippen molar-refractivity contribution >= 4 is 12.0 Å². The van der Waals surface area contributed by atoms with E-state index >= 15 is 0 Å². The van der Waals surface area contributed by atoms with E-state index in [2.05, 4.69) is 11.9 Å². The first-order valence-electron chi connectivity index (χ1n) is 7.48. The number of likely N-dealkylation sites (tertiary alicyclic amines) is 1. The lowest BCUT2D eigenvalue weighted by molar-refractivity contribution is -0.145. The monoisotopic (exact) mass is 280 g/mol. The maximum Gasteiger partial charge on any atom is 0.326 e. The standard InChI is InChI=1S/C15H24N2O3/c1-3-10(2)16-15(20)17-12-7-5-4-6-11(12)8-9-13(17)14(18)19/h3,10-13H,1,4-9H2,2H3,(H,16,20)(H,18,19). The second kappa shape index (κ2) is 6.29. The van der Waals surface area contributed by atoms with Crippen LogP contribution in [0.5, 0.6) is 0 Å². The van der Waals surface area contributed by atoms with Gasteiger partial charge < -0.3 is 15.3 Å². The first-order chi connectivity index (χ1) is 9.54. The van der Waals surface area contributed by atoms with Crippen molar-refractivity contribution in [1.29, 1.82) is 0 Å². The van der Waals surface area contributed by atoms with Gasteiger partial charge in [0, 0.05) is 12.1 Å². The van der Waals surface area contributed by atoms with Gasteiger partial charge in [-0.25, -0.2) is 9.59 Å². The van der Waals surface area contributed by atoms with Gasteiger partial charge >= 0.3 is 12.0 Å². The van der Waals surface area contributed by atoms with Crippen LogP contribution in [0.4, 0.5) is 4.79 Å². The molecule has 2 rings (SSSR count). The van der Waals surface area contributed by atoms with Crippen LogP contribution in [0.15, 0.2) is 12.7 Å². The molecule has 2 N–H and O–H groups in total. The third-order valence-corrected chi connectivity index (χ3v) is 4.60. The maximum absolute atomic E-state index is 12.4. The van der Waals surface area contributed by atoms with Gasteiger partial charge in [0.2, 0.25) is 0 Å². The number of urea groups is 1. The van der Waals surface area contributed by atoms with Gasteiger partial charge in [-0.3, -0.25) is 0 Å². The van der Waals surface area contributed by atoms with Gasteiger partial charge in [0.25, 0.3) is 0 Å². The van der Waals surface area contributed by atoms with Gasteiger partial charge in [0.15, 0.2) is 0 Å². The Labute approximate surface area is 120 Å². The average molecular weight is 280 g/mol. The van der Waals surface area contributed by atoms with Crippen molar-refractivity contribution in [3.63, 3.8) is 0 Å². The third kappa shape index (κ3) is 2.97. The zero-order valence-electron chi connectivity index (χ0n) is 12.0. The Hall–Kier alpha value is -1.52. The zero-order valence-corrected chi connectivity index (χ0v) is 12.0. The van der Waals surface area contributed by atoms with E-state index in [-0.39, 0.29) is 18.1 Å². The fraction of sp³-hybridized carbons (Fsp3) is 0.733. The molecule has 0 spiro atoms. The Kier molecular flexibility index (Phi) is 4.68. The molecule has 2 aliphatic rings. The highest BCUT2D eigenvalue weighted by atomic mass is 16.4. The number of piperidine rings is 1. The van der Waals surface area contributed by atoms with Crippen molar-refractivity contribution in [2.45, 2.75) is 63.6 Å². The van der Waals surface area contributed by atoms with Crippen LogP contribution in [0, 0.1) is 5.92 Å². The van der Waals surface area contributed by atoms with E-state index < -0.39 is 12.0 Å². The molecule has 1 saturated carbocycles. The molecule has 5 nitrogen and oxygen atoms in total. The average Bonchev–Trinajstić information content (AvgIpc) is 2.45. The Morgan fingerprint density at radius 1 is 1.30 bits per heavy atom. The van der Waals surface area contributed by atoms with Gasteiger partial charge in [-0.1, -0.05) is 18.9 Å². The smallest absolute Gasteiger partial charge is 0.326 e. The van der Waals surface area contributed by atoms with Crippen LogP contribution < -0.4 is 5.32 Å². The molecule has 4 unspecified atom stereocenters. The summed E-state index contributed by atoms with van der Waals surface area (Å²) >= 11 is 0. The van der Waals surface area contributed by atoms with Crippen LogP contribution in [-0.2, 0) is 4.79 Å². The van der Waals surface area contributed by atoms with E-state index in [1.807, 2.05) is 6.92 Å². The number of nitrogens with zero attached hydrogens (tertiary/aromatic N) is 1. The van der Waals surface area contributed by atoms with Crippen molar-refractivity contribution in [1.82, 2.24) is 10.2 Å². The summed E-state index contributed by atoms with van der Waals surface area (Å²) in [7, 11) is 0. The molecule has 20 heavy (non-hydrogen) atoms. The van der Waals surface area contributed by atoms with E-state index in [4.69, 9.17) is 0 Å². The van der Waals surface area contributed by atoms with Crippen molar-refractivity contribution < 1.29 is 14.7 Å². The number of hydrogen-bond acceptors (Lipinski definition) is 2. The first kappa shape index (κ1) is 14.9. The lowest BCUT2D eigenvalue weighted by atomic mass is 9.76. The minimum absolute atomic E-state index is 0.0793. The maximum atomic E-state index is 12.4. The molecule has 0 aromatic rings. The van der Waals surface area contributed by atoms with E-state index in [1.165, 1.54) is 6.42 Å². The lowest BCUT2D eigenvalue weighted by Crippen LogP contribution is -2.60. The van der Waals surface area contributed by atoms with E-state index in [9.17, 15) is 14.7 Å². The fourth-order valence-corrected chi connectivity index (χ4v) is 3.50. The third-order valence-electron chi connectivity index (χ3n) is 4.60. The van der Waals surface area contributed by atoms with Crippen LogP contribution in [0.1, 0.15) is 45.4 Å². The number of amides is 2. The Bertz CT molecular complexity index is 397. The molecular weight excluding hydrogens is 256 g/mol. The summed E-state index contributed by atoms with van der Waals surface area (Å²) < 4.78 is 0. The number of aliphatic carboxylic acids is 1. The molecule has 1 aliphatic carbocycles. The van der Waals surface area contributed by atoms with E-state index in [1.54, 1.807) is 11.0 Å². The first-order valence-corrected chi connectivity index (χ1v) is 7.48. The van der Waals surface area contributed by atoms with Crippen LogP contribution in [0.25, 0.3) is 0 Å². The van der Waals surface area contributed by atoms with Crippen molar-refractivity contribution in [2.75, 3.05) is 0 Å². The summed E-state index contributed by atoms with van der Waals surface area (Å²) in [6.45, 7) is 5.48. The molecule has 2 fully saturated rings. The molecule has 0 radical (unpaired) electrons. The molecule has 112 valence electrons. The van der Waals surface area contributed by atoms with Crippen LogP contribution in [0.2, 0.25) is 0 Å². The highest BCUT2D eigenvalue weighted by Crippen LogP contribution is 2.37. The van der Waals surface area contributed by atoms with E-state index in [0.717, 1.165) is 25.7 Å². The molecule has 0 aromatic carbocycles. The van der Waals surface area contributed by atoms with Crippen LogP contribution >= 0.6 is 0 Å².